The number of esters is 1. The Balaban J connectivity index is 2.75. The first kappa shape index (κ1) is 17.0. The van der Waals surface area contributed by atoms with Crippen molar-refractivity contribution in [3.63, 3.8) is 0 Å². The second-order valence-corrected chi connectivity index (χ2v) is 5.96. The van der Waals surface area contributed by atoms with Gasteiger partial charge in [0.25, 0.3) is 0 Å². The Morgan fingerprint density at radius 2 is 2.00 bits per heavy atom. The monoisotopic (exact) mass is 283 g/mol. The smallest absolute Gasteiger partial charge is 0.308 e. The van der Waals surface area contributed by atoms with Gasteiger partial charge in [0.15, 0.2) is 0 Å². The zero-order chi connectivity index (χ0) is 15.1. The van der Waals surface area contributed by atoms with E-state index in [2.05, 4.69) is 13.8 Å². The number of hydrogen-bond acceptors (Lipinski definition) is 3. The van der Waals surface area contributed by atoms with Crippen molar-refractivity contribution in [2.24, 2.45) is 11.8 Å². The predicted molar refractivity (Wildman–Crippen MR) is 79.2 cm³/mol. The molecule has 20 heavy (non-hydrogen) atoms. The third-order valence-electron chi connectivity index (χ3n) is 4.51. The highest BCUT2D eigenvalue weighted by Gasteiger charge is 2.32. The maximum absolute atomic E-state index is 12.0. The van der Waals surface area contributed by atoms with Crippen LogP contribution in [-0.2, 0) is 14.3 Å². The lowest BCUT2D eigenvalue weighted by molar-refractivity contribution is -0.147. The Hall–Kier alpha value is -1.06. The van der Waals surface area contributed by atoms with Gasteiger partial charge in [-0.25, -0.2) is 0 Å². The van der Waals surface area contributed by atoms with Crippen molar-refractivity contribution in [2.75, 3.05) is 13.7 Å². The summed E-state index contributed by atoms with van der Waals surface area (Å²) in [7, 11) is 1.44. The Labute approximate surface area is 122 Å². The van der Waals surface area contributed by atoms with E-state index in [-0.39, 0.29) is 23.8 Å². The van der Waals surface area contributed by atoms with E-state index >= 15 is 0 Å². The van der Waals surface area contributed by atoms with Crippen LogP contribution in [0.3, 0.4) is 0 Å². The van der Waals surface area contributed by atoms with Gasteiger partial charge in [-0.05, 0) is 31.6 Å². The molecule has 0 radical (unpaired) electrons. The molecule has 1 heterocycles. The molecule has 1 rings (SSSR count). The zero-order valence-electron chi connectivity index (χ0n) is 13.4. The van der Waals surface area contributed by atoms with Crippen molar-refractivity contribution >= 4 is 11.9 Å². The Bertz CT molecular complexity index is 330. The molecule has 0 bridgehead atoms. The molecule has 116 valence electrons. The van der Waals surface area contributed by atoms with Gasteiger partial charge >= 0.3 is 5.97 Å². The standard InChI is InChI=1S/C16H29NO3/c1-5-12(3)10-14(17-9-7-8-15(17)18)11-13(6-2)16(19)20-4/h12-14H,5-11H2,1-4H3. The highest BCUT2D eigenvalue weighted by atomic mass is 16.5. The molecule has 0 aromatic rings. The van der Waals surface area contributed by atoms with Crippen molar-refractivity contribution in [2.45, 2.75) is 65.3 Å². The quantitative estimate of drug-likeness (QED) is 0.643. The predicted octanol–water partition coefficient (Wildman–Crippen LogP) is 3.00. The van der Waals surface area contributed by atoms with Gasteiger partial charge in [0.1, 0.15) is 0 Å². The van der Waals surface area contributed by atoms with E-state index in [0.717, 1.165) is 38.6 Å². The van der Waals surface area contributed by atoms with Crippen molar-refractivity contribution in [1.29, 1.82) is 0 Å². The molecule has 0 aromatic heterocycles. The van der Waals surface area contributed by atoms with Crippen LogP contribution in [0.2, 0.25) is 0 Å². The minimum atomic E-state index is -0.145. The number of nitrogens with zero attached hydrogens (tertiary/aromatic N) is 1. The van der Waals surface area contributed by atoms with E-state index in [0.29, 0.717) is 12.3 Å². The Kier molecular flexibility index (Phi) is 7.03. The van der Waals surface area contributed by atoms with Crippen LogP contribution in [0.4, 0.5) is 0 Å². The van der Waals surface area contributed by atoms with Crippen LogP contribution in [0.15, 0.2) is 0 Å². The number of methoxy groups -OCH3 is 1. The van der Waals surface area contributed by atoms with Crippen LogP contribution < -0.4 is 0 Å². The lowest BCUT2D eigenvalue weighted by atomic mass is 9.89. The molecule has 1 aliphatic rings. The van der Waals surface area contributed by atoms with Crippen molar-refractivity contribution in [1.82, 2.24) is 4.90 Å². The molecule has 0 aromatic carbocycles. The summed E-state index contributed by atoms with van der Waals surface area (Å²) in [5.74, 6) is 0.581. The maximum Gasteiger partial charge on any atom is 0.308 e. The molecular formula is C16H29NO3. The average molecular weight is 283 g/mol. The van der Waals surface area contributed by atoms with Gasteiger partial charge in [-0.15, -0.1) is 0 Å². The minimum absolute atomic E-state index is 0.0949. The summed E-state index contributed by atoms with van der Waals surface area (Å²) in [4.78, 5) is 25.8. The molecule has 3 unspecified atom stereocenters. The van der Waals surface area contributed by atoms with Gasteiger partial charge in [0.05, 0.1) is 13.0 Å². The summed E-state index contributed by atoms with van der Waals surface area (Å²) in [5.41, 5.74) is 0. The summed E-state index contributed by atoms with van der Waals surface area (Å²) in [5, 5.41) is 0. The Morgan fingerprint density at radius 1 is 1.30 bits per heavy atom. The van der Waals surface area contributed by atoms with Crippen LogP contribution in [0, 0.1) is 11.8 Å². The topological polar surface area (TPSA) is 46.6 Å². The van der Waals surface area contributed by atoms with Crippen LogP contribution in [0.1, 0.15) is 59.3 Å². The lowest BCUT2D eigenvalue weighted by Gasteiger charge is -2.32. The van der Waals surface area contributed by atoms with Crippen molar-refractivity contribution in [3.05, 3.63) is 0 Å². The highest BCUT2D eigenvalue weighted by molar-refractivity contribution is 5.78. The van der Waals surface area contributed by atoms with Gasteiger partial charge in [-0.3, -0.25) is 9.59 Å². The van der Waals surface area contributed by atoms with Gasteiger partial charge < -0.3 is 9.64 Å². The van der Waals surface area contributed by atoms with E-state index in [4.69, 9.17) is 4.74 Å². The lowest BCUT2D eigenvalue weighted by Crippen LogP contribution is -2.39. The summed E-state index contributed by atoms with van der Waals surface area (Å²) in [6.45, 7) is 7.24. The number of amides is 1. The maximum atomic E-state index is 12.0. The molecule has 4 nitrogen and oxygen atoms in total. The van der Waals surface area contributed by atoms with E-state index in [1.54, 1.807) is 0 Å². The fourth-order valence-electron chi connectivity index (χ4n) is 2.96. The number of carbonyl (C=O) groups is 2. The zero-order valence-corrected chi connectivity index (χ0v) is 13.4. The molecule has 1 saturated heterocycles. The fourth-order valence-corrected chi connectivity index (χ4v) is 2.96. The Morgan fingerprint density at radius 3 is 2.45 bits per heavy atom. The van der Waals surface area contributed by atoms with Crippen LogP contribution in [-0.4, -0.2) is 36.5 Å². The van der Waals surface area contributed by atoms with E-state index < -0.39 is 0 Å². The van der Waals surface area contributed by atoms with Crippen molar-refractivity contribution in [3.8, 4) is 0 Å². The van der Waals surface area contributed by atoms with E-state index in [1.165, 1.54) is 7.11 Å². The molecule has 0 aliphatic carbocycles. The molecule has 0 saturated carbocycles. The molecule has 4 heteroatoms. The second-order valence-electron chi connectivity index (χ2n) is 5.96. The van der Waals surface area contributed by atoms with E-state index in [1.807, 2.05) is 11.8 Å². The number of carbonyl (C=O) groups excluding carboxylic acids is 2. The third-order valence-corrected chi connectivity index (χ3v) is 4.51. The molecule has 1 amide bonds. The SMILES string of the molecule is CCC(C)CC(CC(CC)C(=O)OC)N1CCCC1=O. The number of rotatable bonds is 8. The van der Waals surface area contributed by atoms with Gasteiger partial charge in [-0.2, -0.15) is 0 Å². The van der Waals surface area contributed by atoms with Crippen LogP contribution in [0.25, 0.3) is 0 Å². The fraction of sp³-hybridized carbons (Fsp3) is 0.875. The van der Waals surface area contributed by atoms with Crippen LogP contribution in [0.5, 0.6) is 0 Å². The number of likely N-dealkylation sites (tertiary alicyclic amines) is 1. The van der Waals surface area contributed by atoms with Gasteiger partial charge in [-0.1, -0.05) is 27.2 Å². The summed E-state index contributed by atoms with van der Waals surface area (Å²) < 4.78 is 4.88. The summed E-state index contributed by atoms with van der Waals surface area (Å²) >= 11 is 0. The van der Waals surface area contributed by atoms with Gasteiger partial charge in [0, 0.05) is 19.0 Å². The van der Waals surface area contributed by atoms with E-state index in [9.17, 15) is 9.59 Å². The summed E-state index contributed by atoms with van der Waals surface area (Å²) in [6.07, 6.45) is 5.20. The van der Waals surface area contributed by atoms with Crippen molar-refractivity contribution < 1.29 is 14.3 Å². The highest BCUT2D eigenvalue weighted by Crippen LogP contribution is 2.26. The normalized spacial score (nSPS) is 19.8. The second kappa shape index (κ2) is 8.28. The average Bonchev–Trinajstić information content (AvgIpc) is 2.88. The summed E-state index contributed by atoms with van der Waals surface area (Å²) in [6, 6.07) is 0.184. The molecule has 1 fully saturated rings. The molecule has 0 spiro atoms. The van der Waals surface area contributed by atoms with Gasteiger partial charge in [0.2, 0.25) is 5.91 Å². The molecule has 1 aliphatic heterocycles. The molecular weight excluding hydrogens is 254 g/mol. The molecule has 3 atom stereocenters. The largest absolute Gasteiger partial charge is 0.469 e. The first-order valence-electron chi connectivity index (χ1n) is 7.90. The van der Waals surface area contributed by atoms with Crippen LogP contribution >= 0.6 is 0 Å². The first-order valence-corrected chi connectivity index (χ1v) is 7.90. The minimum Gasteiger partial charge on any atom is -0.469 e. The third kappa shape index (κ3) is 4.50. The first-order chi connectivity index (χ1) is 9.53. The number of ether oxygens (including phenoxy) is 1. The molecule has 0 N–H and O–H groups in total. The number of hydrogen-bond donors (Lipinski definition) is 0.